The number of ether oxygens (including phenoxy) is 1. The Labute approximate surface area is 140 Å². The van der Waals surface area contributed by atoms with Crippen LogP contribution in [0.3, 0.4) is 0 Å². The van der Waals surface area contributed by atoms with Crippen molar-refractivity contribution >= 4 is 27.7 Å². The smallest absolute Gasteiger partial charge is 0.410 e. The molecule has 0 N–H and O–H groups in total. The third kappa shape index (κ3) is 3.24. The second-order valence-electron chi connectivity index (χ2n) is 7.15. The van der Waals surface area contributed by atoms with Gasteiger partial charge in [-0.2, -0.15) is 0 Å². The fraction of sp³-hybridized carbons (Fsp3) is 0.588. The van der Waals surface area contributed by atoms with Crippen LogP contribution in [-0.4, -0.2) is 41.8 Å². The van der Waals surface area contributed by atoms with E-state index in [0.29, 0.717) is 12.1 Å². The summed E-state index contributed by atoms with van der Waals surface area (Å²) in [6.07, 6.45) is 2.10. The molecule has 2 aliphatic heterocycles. The third-order valence-electron chi connectivity index (χ3n) is 4.26. The predicted molar refractivity (Wildman–Crippen MR) is 91.2 cm³/mol. The minimum absolute atomic E-state index is 0.181. The van der Waals surface area contributed by atoms with Gasteiger partial charge >= 0.3 is 6.09 Å². The molecule has 1 aromatic rings. The average Bonchev–Trinajstić information content (AvgIpc) is 2.68. The number of hydrogen-bond donors (Lipinski definition) is 0. The zero-order valence-corrected chi connectivity index (χ0v) is 15.0. The molecule has 2 bridgehead atoms. The Bertz CT molecular complexity index is 539. The van der Waals surface area contributed by atoms with Crippen LogP contribution in [0, 0.1) is 0 Å². The molecule has 0 aliphatic carbocycles. The van der Waals surface area contributed by atoms with E-state index in [1.165, 1.54) is 5.69 Å². The number of hydrogen-bond acceptors (Lipinski definition) is 3. The lowest BCUT2D eigenvalue weighted by atomic mass is 10.1. The number of rotatable bonds is 1. The summed E-state index contributed by atoms with van der Waals surface area (Å²) in [6.45, 7) is 7.25. The van der Waals surface area contributed by atoms with E-state index in [0.717, 1.165) is 30.4 Å². The van der Waals surface area contributed by atoms with E-state index < -0.39 is 5.60 Å². The Balaban J connectivity index is 1.71. The van der Waals surface area contributed by atoms with Gasteiger partial charge in [0.1, 0.15) is 5.60 Å². The maximum Gasteiger partial charge on any atom is 0.410 e. The van der Waals surface area contributed by atoms with Crippen LogP contribution >= 0.6 is 15.9 Å². The van der Waals surface area contributed by atoms with E-state index in [2.05, 4.69) is 45.1 Å². The first-order valence-corrected chi connectivity index (χ1v) is 8.64. The summed E-state index contributed by atoms with van der Waals surface area (Å²) < 4.78 is 6.61. The lowest BCUT2D eigenvalue weighted by molar-refractivity contribution is 0.0209. The van der Waals surface area contributed by atoms with Gasteiger partial charge in [-0.25, -0.2) is 4.79 Å². The van der Waals surface area contributed by atoms with Crippen molar-refractivity contribution in [3.8, 4) is 0 Å². The number of fused-ring (bicyclic) bond motifs is 2. The molecule has 1 aromatic carbocycles. The molecule has 2 saturated heterocycles. The van der Waals surface area contributed by atoms with Gasteiger partial charge in [0.25, 0.3) is 0 Å². The summed E-state index contributed by atoms with van der Waals surface area (Å²) in [5.41, 5.74) is 0.818. The topological polar surface area (TPSA) is 32.8 Å². The normalized spacial score (nSPS) is 24.5. The number of amides is 1. The van der Waals surface area contributed by atoms with Gasteiger partial charge in [0, 0.05) is 35.3 Å². The highest BCUT2D eigenvalue weighted by Gasteiger charge is 2.42. The Kier molecular flexibility index (Phi) is 4.10. The van der Waals surface area contributed by atoms with Crippen LogP contribution in [-0.2, 0) is 4.74 Å². The van der Waals surface area contributed by atoms with Crippen LogP contribution < -0.4 is 4.90 Å². The van der Waals surface area contributed by atoms with Crippen molar-refractivity contribution in [3.05, 3.63) is 28.7 Å². The second-order valence-corrected chi connectivity index (χ2v) is 8.07. The zero-order valence-electron chi connectivity index (χ0n) is 13.4. The molecule has 4 nitrogen and oxygen atoms in total. The Morgan fingerprint density at radius 1 is 1.14 bits per heavy atom. The molecule has 120 valence electrons. The largest absolute Gasteiger partial charge is 0.444 e. The summed E-state index contributed by atoms with van der Waals surface area (Å²) in [5, 5.41) is 0. The zero-order chi connectivity index (χ0) is 15.9. The Morgan fingerprint density at radius 2 is 1.68 bits per heavy atom. The SMILES string of the molecule is CC(C)(C)OC(=O)N1CC2CCC(C1)N2c1ccc(Br)cc1. The molecule has 0 saturated carbocycles. The van der Waals surface area contributed by atoms with E-state index in [9.17, 15) is 4.79 Å². The first kappa shape index (κ1) is 15.7. The predicted octanol–water partition coefficient (Wildman–Crippen LogP) is 4.04. The van der Waals surface area contributed by atoms with Gasteiger partial charge in [-0.15, -0.1) is 0 Å². The van der Waals surface area contributed by atoms with Gasteiger partial charge in [-0.3, -0.25) is 0 Å². The maximum atomic E-state index is 12.3. The summed E-state index contributed by atoms with van der Waals surface area (Å²) in [5.74, 6) is 0. The van der Waals surface area contributed by atoms with E-state index in [1.807, 2.05) is 25.7 Å². The molecule has 0 spiro atoms. The van der Waals surface area contributed by atoms with Crippen molar-refractivity contribution in [2.75, 3.05) is 18.0 Å². The molecule has 1 amide bonds. The minimum Gasteiger partial charge on any atom is -0.444 e. The molecule has 3 rings (SSSR count). The maximum absolute atomic E-state index is 12.3. The molecule has 0 aromatic heterocycles. The van der Waals surface area contributed by atoms with Crippen molar-refractivity contribution in [2.45, 2.75) is 51.3 Å². The molecular weight excluding hydrogens is 344 g/mol. The summed E-state index contributed by atoms with van der Waals surface area (Å²) >= 11 is 3.48. The average molecular weight is 367 g/mol. The first-order valence-electron chi connectivity index (χ1n) is 7.85. The van der Waals surface area contributed by atoms with Gasteiger partial charge in [0.05, 0.1) is 0 Å². The van der Waals surface area contributed by atoms with Crippen molar-refractivity contribution in [1.82, 2.24) is 4.90 Å². The fourth-order valence-electron chi connectivity index (χ4n) is 3.41. The van der Waals surface area contributed by atoms with Crippen LogP contribution in [0.15, 0.2) is 28.7 Å². The standard InChI is InChI=1S/C17H23BrN2O2/c1-17(2,3)22-16(21)19-10-14-8-9-15(11-19)20(14)13-6-4-12(18)5-7-13/h4-7,14-15H,8-11H2,1-3H3. The van der Waals surface area contributed by atoms with Crippen LogP contribution in [0.1, 0.15) is 33.6 Å². The Morgan fingerprint density at radius 3 is 2.18 bits per heavy atom. The first-order chi connectivity index (χ1) is 10.3. The van der Waals surface area contributed by atoms with Gasteiger partial charge < -0.3 is 14.5 Å². The van der Waals surface area contributed by atoms with Gasteiger partial charge in [-0.1, -0.05) is 15.9 Å². The molecule has 2 heterocycles. The number of halogens is 1. The molecular formula is C17H23BrN2O2. The highest BCUT2D eigenvalue weighted by Crippen LogP contribution is 2.35. The van der Waals surface area contributed by atoms with E-state index in [4.69, 9.17) is 4.74 Å². The van der Waals surface area contributed by atoms with Gasteiger partial charge in [-0.05, 0) is 57.9 Å². The third-order valence-corrected chi connectivity index (χ3v) is 4.79. The number of carbonyl (C=O) groups is 1. The summed E-state index contributed by atoms with van der Waals surface area (Å²) in [7, 11) is 0. The molecule has 2 fully saturated rings. The van der Waals surface area contributed by atoms with Gasteiger partial charge in [0.2, 0.25) is 0 Å². The number of piperazine rings is 1. The molecule has 2 atom stereocenters. The number of anilines is 1. The summed E-state index contributed by atoms with van der Waals surface area (Å²) in [4.78, 5) is 16.7. The Hall–Kier alpha value is -1.23. The number of benzene rings is 1. The highest BCUT2D eigenvalue weighted by molar-refractivity contribution is 9.10. The van der Waals surface area contributed by atoms with Gasteiger partial charge in [0.15, 0.2) is 0 Å². The second kappa shape index (κ2) is 5.76. The summed E-state index contributed by atoms with van der Waals surface area (Å²) in [6, 6.07) is 9.25. The lowest BCUT2D eigenvalue weighted by Gasteiger charge is -2.42. The van der Waals surface area contributed by atoms with Crippen molar-refractivity contribution < 1.29 is 9.53 Å². The lowest BCUT2D eigenvalue weighted by Crippen LogP contribution is -2.56. The molecule has 2 unspecified atom stereocenters. The number of nitrogens with zero attached hydrogens (tertiary/aromatic N) is 2. The molecule has 2 aliphatic rings. The number of carbonyl (C=O) groups excluding carboxylic acids is 1. The van der Waals surface area contributed by atoms with Crippen molar-refractivity contribution in [2.24, 2.45) is 0 Å². The number of likely N-dealkylation sites (tertiary alicyclic amines) is 1. The van der Waals surface area contributed by atoms with Crippen LogP contribution in [0.25, 0.3) is 0 Å². The van der Waals surface area contributed by atoms with Crippen LogP contribution in [0.5, 0.6) is 0 Å². The van der Waals surface area contributed by atoms with E-state index in [1.54, 1.807) is 0 Å². The van der Waals surface area contributed by atoms with E-state index in [-0.39, 0.29) is 6.09 Å². The quantitative estimate of drug-likeness (QED) is 0.751. The van der Waals surface area contributed by atoms with Crippen LogP contribution in [0.2, 0.25) is 0 Å². The molecule has 22 heavy (non-hydrogen) atoms. The molecule has 0 radical (unpaired) electrons. The van der Waals surface area contributed by atoms with Crippen LogP contribution in [0.4, 0.5) is 10.5 Å². The fourth-order valence-corrected chi connectivity index (χ4v) is 3.68. The minimum atomic E-state index is -0.432. The van der Waals surface area contributed by atoms with Crippen molar-refractivity contribution in [1.29, 1.82) is 0 Å². The molecule has 5 heteroatoms. The van der Waals surface area contributed by atoms with E-state index >= 15 is 0 Å². The van der Waals surface area contributed by atoms with Crippen molar-refractivity contribution in [3.63, 3.8) is 0 Å². The monoisotopic (exact) mass is 366 g/mol. The highest BCUT2D eigenvalue weighted by atomic mass is 79.9.